The molecular weight excluding hydrogens is 400 g/mol. The third-order valence-electron chi connectivity index (χ3n) is 5.68. The lowest BCUT2D eigenvalue weighted by Gasteiger charge is -2.15. The highest BCUT2D eigenvalue weighted by Crippen LogP contribution is 2.36. The lowest BCUT2D eigenvalue weighted by atomic mass is 10.0. The van der Waals surface area contributed by atoms with Gasteiger partial charge in [-0.1, -0.05) is 87.8 Å². The number of para-hydroxylation sites is 2. The van der Waals surface area contributed by atoms with Crippen LogP contribution >= 0.6 is 0 Å². The average molecular weight is 443 g/mol. The molecule has 0 aromatic heterocycles. The Hall–Kier alpha value is -2.04. The predicted molar refractivity (Wildman–Crippen MR) is 132 cm³/mol. The fourth-order valence-electron chi connectivity index (χ4n) is 3.84. The Bertz CT molecular complexity index is 655. The largest absolute Gasteiger partial charge is 0.493 e. The number of benzene rings is 2. The van der Waals surface area contributed by atoms with Crippen LogP contribution in [0.3, 0.4) is 0 Å². The van der Waals surface area contributed by atoms with E-state index in [1.165, 1.54) is 25.7 Å². The van der Waals surface area contributed by atoms with E-state index in [0.29, 0.717) is 13.2 Å². The molecule has 0 aliphatic rings. The van der Waals surface area contributed by atoms with Crippen molar-refractivity contribution in [1.82, 2.24) is 0 Å². The van der Waals surface area contributed by atoms with Gasteiger partial charge in [0.25, 0.3) is 0 Å². The maximum atomic E-state index is 8.84. The van der Waals surface area contributed by atoms with E-state index < -0.39 is 0 Å². The third kappa shape index (κ3) is 10.5. The Kier molecular flexibility index (Phi) is 14.3. The summed E-state index contributed by atoms with van der Waals surface area (Å²) in [4.78, 5) is 0. The number of aliphatic hydroxyl groups is 2. The molecule has 2 rings (SSSR count). The minimum Gasteiger partial charge on any atom is -0.493 e. The zero-order chi connectivity index (χ0) is 22.7. The lowest BCUT2D eigenvalue weighted by Crippen LogP contribution is -2.01. The van der Waals surface area contributed by atoms with Gasteiger partial charge in [0.05, 0.1) is 13.2 Å². The van der Waals surface area contributed by atoms with Gasteiger partial charge in [-0.3, -0.25) is 0 Å². The van der Waals surface area contributed by atoms with Crippen LogP contribution in [0.25, 0.3) is 11.1 Å². The fraction of sp³-hybridized carbons (Fsp3) is 0.571. The first-order valence-electron chi connectivity index (χ1n) is 12.5. The average Bonchev–Trinajstić information content (AvgIpc) is 2.83. The van der Waals surface area contributed by atoms with Gasteiger partial charge in [-0.15, -0.1) is 0 Å². The molecule has 4 heteroatoms. The van der Waals surface area contributed by atoms with Gasteiger partial charge in [0.1, 0.15) is 11.5 Å². The van der Waals surface area contributed by atoms with E-state index in [9.17, 15) is 0 Å². The van der Waals surface area contributed by atoms with Crippen LogP contribution in [0, 0.1) is 0 Å². The molecule has 0 bridgehead atoms. The van der Waals surface area contributed by atoms with Crippen molar-refractivity contribution in [3.05, 3.63) is 48.5 Å². The highest BCUT2D eigenvalue weighted by Gasteiger charge is 2.11. The van der Waals surface area contributed by atoms with Crippen molar-refractivity contribution in [3.63, 3.8) is 0 Å². The summed E-state index contributed by atoms with van der Waals surface area (Å²) in [5.74, 6) is 1.82. The first kappa shape index (κ1) is 26.2. The zero-order valence-corrected chi connectivity index (χ0v) is 19.6. The van der Waals surface area contributed by atoms with Crippen LogP contribution in [0.2, 0.25) is 0 Å². The normalized spacial score (nSPS) is 10.9. The first-order chi connectivity index (χ1) is 15.9. The van der Waals surface area contributed by atoms with E-state index in [0.717, 1.165) is 87.2 Å². The molecule has 178 valence electrons. The van der Waals surface area contributed by atoms with Crippen molar-refractivity contribution in [2.24, 2.45) is 0 Å². The number of aliphatic hydroxyl groups excluding tert-OH is 2. The van der Waals surface area contributed by atoms with Crippen LogP contribution < -0.4 is 9.47 Å². The van der Waals surface area contributed by atoms with Gasteiger partial charge < -0.3 is 19.7 Å². The monoisotopic (exact) mass is 442 g/mol. The van der Waals surface area contributed by atoms with Crippen LogP contribution in [0.15, 0.2) is 48.5 Å². The zero-order valence-electron chi connectivity index (χ0n) is 19.6. The second-order valence-electron chi connectivity index (χ2n) is 8.38. The van der Waals surface area contributed by atoms with Crippen molar-refractivity contribution in [2.45, 2.75) is 77.0 Å². The summed E-state index contributed by atoms with van der Waals surface area (Å²) in [6.45, 7) is 2.04. The molecule has 2 aromatic carbocycles. The first-order valence-corrected chi connectivity index (χ1v) is 12.5. The van der Waals surface area contributed by atoms with E-state index in [1.54, 1.807) is 0 Å². The Balaban J connectivity index is 1.81. The molecule has 4 nitrogen and oxygen atoms in total. The van der Waals surface area contributed by atoms with Gasteiger partial charge in [0.15, 0.2) is 0 Å². The molecule has 0 fully saturated rings. The smallest absolute Gasteiger partial charge is 0.127 e. The highest BCUT2D eigenvalue weighted by molar-refractivity contribution is 5.75. The summed E-state index contributed by atoms with van der Waals surface area (Å²) in [6, 6.07) is 16.4. The van der Waals surface area contributed by atoms with E-state index in [-0.39, 0.29) is 0 Å². The third-order valence-corrected chi connectivity index (χ3v) is 5.68. The number of ether oxygens (including phenoxy) is 2. The van der Waals surface area contributed by atoms with Gasteiger partial charge in [-0.25, -0.2) is 0 Å². The molecule has 0 radical (unpaired) electrons. The summed E-state index contributed by atoms with van der Waals surface area (Å²) in [5, 5.41) is 17.7. The van der Waals surface area contributed by atoms with Crippen molar-refractivity contribution < 1.29 is 19.7 Å². The molecule has 2 aromatic rings. The quantitative estimate of drug-likeness (QED) is 0.236. The second-order valence-corrected chi connectivity index (χ2v) is 8.38. The predicted octanol–water partition coefficient (Wildman–Crippen LogP) is 6.78. The molecule has 0 saturated heterocycles. The molecule has 0 atom stereocenters. The molecule has 2 N–H and O–H groups in total. The molecule has 0 spiro atoms. The van der Waals surface area contributed by atoms with Gasteiger partial charge in [0, 0.05) is 24.3 Å². The van der Waals surface area contributed by atoms with Crippen LogP contribution in [-0.4, -0.2) is 36.6 Å². The van der Waals surface area contributed by atoms with Gasteiger partial charge in [0.2, 0.25) is 0 Å². The van der Waals surface area contributed by atoms with E-state index in [1.807, 2.05) is 36.4 Å². The van der Waals surface area contributed by atoms with E-state index >= 15 is 0 Å². The Labute approximate surface area is 194 Å². The van der Waals surface area contributed by atoms with Crippen molar-refractivity contribution in [2.75, 3.05) is 26.4 Å². The van der Waals surface area contributed by atoms with E-state index in [2.05, 4.69) is 12.1 Å². The van der Waals surface area contributed by atoms with Crippen molar-refractivity contribution in [3.8, 4) is 22.6 Å². The number of hydrogen-bond acceptors (Lipinski definition) is 4. The minimum atomic E-state index is 0.302. The molecule has 0 unspecified atom stereocenters. The van der Waals surface area contributed by atoms with Crippen LogP contribution in [0.4, 0.5) is 0 Å². The summed E-state index contributed by atoms with van der Waals surface area (Å²) < 4.78 is 12.3. The molecule has 32 heavy (non-hydrogen) atoms. The Morgan fingerprint density at radius 2 is 0.781 bits per heavy atom. The Morgan fingerprint density at radius 3 is 1.19 bits per heavy atom. The number of hydrogen-bond donors (Lipinski definition) is 2. The summed E-state index contributed by atoms with van der Waals surface area (Å²) in [6.07, 6.45) is 13.2. The standard InChI is InChI=1S/C28H42O4/c29-21-13-5-1-3-7-15-23-31-27-19-11-9-17-25(27)26-18-10-12-20-28(26)32-24-16-8-4-2-6-14-22-30/h9-12,17-20,29-30H,1-8,13-16,21-24H2. The minimum absolute atomic E-state index is 0.302. The molecule has 0 heterocycles. The summed E-state index contributed by atoms with van der Waals surface area (Å²) >= 11 is 0. The fourth-order valence-corrected chi connectivity index (χ4v) is 3.84. The molecule has 0 amide bonds. The molecule has 0 aliphatic heterocycles. The maximum absolute atomic E-state index is 8.84. The van der Waals surface area contributed by atoms with Crippen molar-refractivity contribution in [1.29, 1.82) is 0 Å². The highest BCUT2D eigenvalue weighted by atomic mass is 16.5. The number of rotatable bonds is 19. The van der Waals surface area contributed by atoms with Crippen LogP contribution in [0.1, 0.15) is 77.0 Å². The molecule has 0 saturated carbocycles. The lowest BCUT2D eigenvalue weighted by molar-refractivity contribution is 0.280. The summed E-state index contributed by atoms with van der Waals surface area (Å²) in [5.41, 5.74) is 2.16. The second kappa shape index (κ2) is 17.5. The Morgan fingerprint density at radius 1 is 0.438 bits per heavy atom. The van der Waals surface area contributed by atoms with Gasteiger partial charge in [-0.2, -0.15) is 0 Å². The van der Waals surface area contributed by atoms with Crippen LogP contribution in [0.5, 0.6) is 11.5 Å². The molecule has 0 aliphatic carbocycles. The van der Waals surface area contributed by atoms with Crippen LogP contribution in [-0.2, 0) is 0 Å². The maximum Gasteiger partial charge on any atom is 0.127 e. The topological polar surface area (TPSA) is 58.9 Å². The van der Waals surface area contributed by atoms with Gasteiger partial charge in [-0.05, 0) is 37.8 Å². The molecular formula is C28H42O4. The van der Waals surface area contributed by atoms with Crippen molar-refractivity contribution >= 4 is 0 Å². The number of unbranched alkanes of at least 4 members (excludes halogenated alkanes) is 10. The SMILES string of the molecule is OCCCCCCCCOc1ccccc1-c1ccccc1OCCCCCCCCO. The summed E-state index contributed by atoms with van der Waals surface area (Å²) in [7, 11) is 0. The van der Waals surface area contributed by atoms with E-state index in [4.69, 9.17) is 19.7 Å². The van der Waals surface area contributed by atoms with Gasteiger partial charge >= 0.3 is 0 Å².